The third-order valence-corrected chi connectivity index (χ3v) is 6.07. The Kier molecular flexibility index (Phi) is 11.5. The largest absolute Gasteiger partial charge is 0.478 e. The molecule has 1 heterocycles. The molecule has 11 heteroatoms. The number of carbonyl (C=O) groups excluding carboxylic acids is 1. The Morgan fingerprint density at radius 3 is 1.52 bits per heavy atom. The molecule has 2 aromatic carbocycles. The van der Waals surface area contributed by atoms with Crippen LogP contribution >= 0.6 is 0 Å². The second kappa shape index (κ2) is 14.5. The highest BCUT2D eigenvalue weighted by atomic mass is 16.4. The third-order valence-electron chi connectivity index (χ3n) is 6.07. The van der Waals surface area contributed by atoms with Crippen molar-refractivity contribution in [3.8, 4) is 0 Å². The lowest BCUT2D eigenvalue weighted by atomic mass is 10.0. The van der Waals surface area contributed by atoms with Gasteiger partial charge < -0.3 is 25.3 Å². The maximum atomic E-state index is 11.2. The normalized spacial score (nSPS) is 14.6. The fraction of sp³-hybridized carbons (Fsp3) is 0.276. The van der Waals surface area contributed by atoms with Crippen LogP contribution in [0.1, 0.15) is 66.4 Å². The monoisotopic (exact) mass is 552 g/mol. The Labute approximate surface area is 231 Å². The third kappa shape index (κ3) is 9.29. The molecule has 1 saturated heterocycles. The lowest BCUT2D eigenvalue weighted by Crippen LogP contribution is -2.44. The number of carbonyl (C=O) groups is 5. The smallest absolute Gasteiger partial charge is 0.336 e. The number of aromatic carboxylic acids is 4. The summed E-state index contributed by atoms with van der Waals surface area (Å²) in [6, 6.07) is 8.28. The Bertz CT molecular complexity index is 1350. The van der Waals surface area contributed by atoms with Crippen molar-refractivity contribution in [1.82, 2.24) is 9.80 Å². The van der Waals surface area contributed by atoms with E-state index in [4.69, 9.17) is 20.4 Å². The molecular weight excluding hydrogens is 520 g/mol. The number of likely N-dealkylation sites (N-methyl/N-ethyl adjacent to an activating group) is 1. The van der Waals surface area contributed by atoms with Crippen molar-refractivity contribution < 1.29 is 44.4 Å². The molecule has 0 unspecified atom stereocenters. The van der Waals surface area contributed by atoms with Crippen LogP contribution in [0.15, 0.2) is 47.5 Å². The van der Waals surface area contributed by atoms with E-state index in [1.807, 2.05) is 13.0 Å². The summed E-state index contributed by atoms with van der Waals surface area (Å²) >= 11 is 0. The van der Waals surface area contributed by atoms with E-state index in [0.717, 1.165) is 38.3 Å². The van der Waals surface area contributed by atoms with Crippen molar-refractivity contribution in [2.75, 3.05) is 39.8 Å². The van der Waals surface area contributed by atoms with Crippen LogP contribution in [0, 0.1) is 0 Å². The Hall–Kier alpha value is -4.61. The highest BCUT2D eigenvalue weighted by Gasteiger charge is 2.17. The number of allylic oxidation sites excluding steroid dienone is 1. The van der Waals surface area contributed by atoms with Crippen LogP contribution in [0.4, 0.5) is 0 Å². The minimum atomic E-state index is -1.32. The predicted molar refractivity (Wildman–Crippen MR) is 148 cm³/mol. The van der Waals surface area contributed by atoms with Gasteiger partial charge in [0.05, 0.1) is 22.3 Å². The molecule has 0 amide bonds. The first kappa shape index (κ1) is 31.6. The topological polar surface area (TPSA) is 173 Å². The predicted octanol–water partition coefficient (Wildman–Crippen LogP) is 3.42. The van der Waals surface area contributed by atoms with Gasteiger partial charge in [-0.1, -0.05) is 23.8 Å². The molecule has 0 aliphatic carbocycles. The van der Waals surface area contributed by atoms with Crippen molar-refractivity contribution in [2.45, 2.75) is 13.8 Å². The molecule has 1 aliphatic rings. The van der Waals surface area contributed by atoms with Crippen LogP contribution in [0.2, 0.25) is 0 Å². The van der Waals surface area contributed by atoms with Gasteiger partial charge in [-0.05, 0) is 67.9 Å². The van der Waals surface area contributed by atoms with E-state index >= 15 is 0 Å². The van der Waals surface area contributed by atoms with Gasteiger partial charge in [0.2, 0.25) is 0 Å². The maximum absolute atomic E-state index is 11.2. The van der Waals surface area contributed by atoms with E-state index < -0.39 is 23.9 Å². The lowest BCUT2D eigenvalue weighted by molar-refractivity contribution is -0.104. The van der Waals surface area contributed by atoms with Crippen molar-refractivity contribution in [1.29, 1.82) is 0 Å². The number of piperazine rings is 1. The number of benzene rings is 2. The highest BCUT2D eigenvalue weighted by molar-refractivity contribution is 6.03. The van der Waals surface area contributed by atoms with Gasteiger partial charge in [-0.25, -0.2) is 19.2 Å². The van der Waals surface area contributed by atoms with E-state index in [2.05, 4.69) is 16.8 Å². The van der Waals surface area contributed by atoms with Gasteiger partial charge in [-0.2, -0.15) is 0 Å². The van der Waals surface area contributed by atoms with E-state index in [-0.39, 0.29) is 22.3 Å². The summed E-state index contributed by atoms with van der Waals surface area (Å²) in [5.74, 6) is -5.08. The molecule has 0 saturated carbocycles. The number of aldehydes is 1. The van der Waals surface area contributed by atoms with Crippen LogP contribution in [0.25, 0.3) is 12.2 Å². The average Bonchev–Trinajstić information content (AvgIpc) is 2.89. The van der Waals surface area contributed by atoms with Gasteiger partial charge in [-0.15, -0.1) is 0 Å². The zero-order valence-corrected chi connectivity index (χ0v) is 22.5. The van der Waals surface area contributed by atoms with Gasteiger partial charge in [-0.3, -0.25) is 9.69 Å². The fourth-order valence-electron chi connectivity index (χ4n) is 4.02. The molecule has 0 spiro atoms. The summed E-state index contributed by atoms with van der Waals surface area (Å²) in [6.07, 6.45) is 4.02. The number of hydrogen-bond donors (Lipinski definition) is 4. The van der Waals surface area contributed by atoms with Crippen LogP contribution in [-0.2, 0) is 4.79 Å². The van der Waals surface area contributed by atoms with Crippen LogP contribution < -0.4 is 0 Å². The lowest BCUT2D eigenvalue weighted by Gasteiger charge is -2.32. The van der Waals surface area contributed by atoms with Gasteiger partial charge in [0.15, 0.2) is 0 Å². The quantitative estimate of drug-likeness (QED) is 0.265. The zero-order valence-electron chi connectivity index (χ0n) is 22.5. The first-order chi connectivity index (χ1) is 18.8. The number of rotatable bonds is 9. The number of nitrogens with zero attached hydrogens (tertiary/aromatic N) is 2. The first-order valence-corrected chi connectivity index (χ1v) is 12.2. The maximum Gasteiger partial charge on any atom is 0.336 e. The summed E-state index contributed by atoms with van der Waals surface area (Å²) in [7, 11) is 2.11. The summed E-state index contributed by atoms with van der Waals surface area (Å²) < 4.78 is 0. The fourth-order valence-corrected chi connectivity index (χ4v) is 4.02. The Morgan fingerprint density at radius 1 is 0.700 bits per heavy atom. The second-order valence-electron chi connectivity index (χ2n) is 9.41. The van der Waals surface area contributed by atoms with Crippen LogP contribution in [0.3, 0.4) is 0 Å². The van der Waals surface area contributed by atoms with Gasteiger partial charge in [0, 0.05) is 32.7 Å². The van der Waals surface area contributed by atoms with Gasteiger partial charge in [0.25, 0.3) is 0 Å². The van der Waals surface area contributed by atoms with E-state index in [1.165, 1.54) is 36.4 Å². The molecular formula is C29H32N2O9. The van der Waals surface area contributed by atoms with Gasteiger partial charge in [0.1, 0.15) is 6.29 Å². The van der Waals surface area contributed by atoms with Crippen LogP contribution in [-0.4, -0.2) is 100 Å². The van der Waals surface area contributed by atoms with E-state index in [9.17, 15) is 24.0 Å². The molecule has 0 atom stereocenters. The van der Waals surface area contributed by atoms with Crippen molar-refractivity contribution in [3.63, 3.8) is 0 Å². The molecule has 2 aromatic rings. The summed E-state index contributed by atoms with van der Waals surface area (Å²) in [5.41, 5.74) is 1.77. The SMILES string of the molecule is C/C(=C\c1ccc(C(=O)O)c(C(=O)O)c1)CN1CCN(C)CC1.C/C(C=O)=C\c1ccc(C(=O)O)c(C(=O)O)c1. The molecule has 0 radical (unpaired) electrons. The molecule has 3 rings (SSSR count). The van der Waals surface area contributed by atoms with E-state index in [0.29, 0.717) is 23.0 Å². The van der Waals surface area contributed by atoms with E-state index in [1.54, 1.807) is 13.0 Å². The molecule has 11 nitrogen and oxygen atoms in total. The summed E-state index contributed by atoms with van der Waals surface area (Å²) in [5, 5.41) is 35.9. The Balaban J connectivity index is 0.000000294. The molecule has 0 bridgehead atoms. The standard InChI is InChI=1S/C17H22N2O4.C12H10O5/c1-12(11-19-7-5-18(2)6-8-19)9-13-3-4-14(16(20)21)15(10-13)17(22)23;1-7(6-13)4-8-2-3-9(11(14)15)10(5-8)12(16)17/h3-4,9-10H,5-8,11H2,1-2H3,(H,20,21)(H,22,23);2-6H,1H3,(H,14,15)(H,16,17)/b12-9+;7-4+. The molecule has 4 N–H and O–H groups in total. The second-order valence-corrected chi connectivity index (χ2v) is 9.41. The number of carboxylic acid groups (broad SMARTS) is 4. The summed E-state index contributed by atoms with van der Waals surface area (Å²) in [6.45, 7) is 8.52. The van der Waals surface area contributed by atoms with Crippen molar-refractivity contribution >= 4 is 42.3 Å². The van der Waals surface area contributed by atoms with Crippen molar-refractivity contribution in [3.05, 3.63) is 80.9 Å². The zero-order chi connectivity index (χ0) is 30.0. The molecule has 1 fully saturated rings. The minimum absolute atomic E-state index is 0.182. The van der Waals surface area contributed by atoms with Crippen molar-refractivity contribution in [2.24, 2.45) is 0 Å². The number of carboxylic acids is 4. The molecule has 212 valence electrons. The highest BCUT2D eigenvalue weighted by Crippen LogP contribution is 2.17. The minimum Gasteiger partial charge on any atom is -0.478 e. The number of hydrogen-bond acceptors (Lipinski definition) is 7. The first-order valence-electron chi connectivity index (χ1n) is 12.2. The molecule has 40 heavy (non-hydrogen) atoms. The van der Waals surface area contributed by atoms with Crippen LogP contribution in [0.5, 0.6) is 0 Å². The molecule has 1 aliphatic heterocycles. The Morgan fingerprint density at radius 2 is 1.12 bits per heavy atom. The summed E-state index contributed by atoms with van der Waals surface area (Å²) in [4.78, 5) is 59.0. The molecule has 0 aromatic heterocycles. The average molecular weight is 553 g/mol. The van der Waals surface area contributed by atoms with Gasteiger partial charge >= 0.3 is 23.9 Å².